The molecule has 0 atom stereocenters. The van der Waals surface area contributed by atoms with Crippen molar-refractivity contribution in [3.63, 3.8) is 0 Å². The fraction of sp³-hybridized carbons (Fsp3) is 0. The quantitative estimate of drug-likeness (QED) is 0.537. The first-order valence-corrected chi connectivity index (χ1v) is 6.08. The molecule has 0 fully saturated rings. The molecule has 0 aromatic heterocycles. The summed E-state index contributed by atoms with van der Waals surface area (Å²) in [7, 11) is -4.55. The van der Waals surface area contributed by atoms with E-state index in [-0.39, 0.29) is 36.4 Å². The van der Waals surface area contributed by atoms with Crippen LogP contribution in [-0.2, 0) is 10.1 Å². The molecule has 0 saturated carbocycles. The molecule has 0 radical (unpaired) electrons. The van der Waals surface area contributed by atoms with E-state index < -0.39 is 26.5 Å². The summed E-state index contributed by atoms with van der Waals surface area (Å²) in [6.07, 6.45) is 0. The van der Waals surface area contributed by atoms with Gasteiger partial charge in [-0.05, 0) is 16.8 Å². The van der Waals surface area contributed by atoms with Crippen LogP contribution in [0.5, 0.6) is 0 Å². The van der Waals surface area contributed by atoms with Crippen molar-refractivity contribution >= 4 is 26.9 Å². The Bertz CT molecular complexity index is 714. The maximum Gasteiger partial charge on any atom is 1.00 e. The number of aromatic carboxylic acids is 1. The molecule has 0 aliphatic carbocycles. The summed E-state index contributed by atoms with van der Waals surface area (Å²) in [5, 5.41) is 9.92. The number of rotatable bonds is 2. The van der Waals surface area contributed by atoms with Gasteiger partial charge in [0.05, 0.1) is 5.56 Å². The zero-order chi connectivity index (χ0) is 12.6. The minimum Gasteiger partial charge on any atom is -1.00 e. The third-order valence-corrected chi connectivity index (χ3v) is 3.28. The Morgan fingerprint density at radius 3 is 2.28 bits per heavy atom. The molecule has 0 aliphatic heterocycles. The summed E-state index contributed by atoms with van der Waals surface area (Å²) in [6.45, 7) is 0. The molecular weight excluding hydrogens is 267 g/mol. The van der Waals surface area contributed by atoms with Crippen LogP contribution in [0.15, 0.2) is 41.3 Å². The van der Waals surface area contributed by atoms with Crippen LogP contribution in [0.1, 0.15) is 11.8 Å². The monoisotopic (exact) mass is 276 g/mol. The third kappa shape index (κ3) is 2.73. The molecule has 90 valence electrons. The van der Waals surface area contributed by atoms with Crippen LogP contribution in [0.2, 0.25) is 0 Å². The predicted molar refractivity (Wildman–Crippen MR) is 61.8 cm³/mol. The number of carbonyl (C=O) groups is 1. The van der Waals surface area contributed by atoms with E-state index in [9.17, 15) is 13.2 Å². The molecule has 0 aliphatic rings. The zero-order valence-electron chi connectivity index (χ0n) is 10.5. The molecule has 7 heteroatoms. The van der Waals surface area contributed by atoms with Gasteiger partial charge in [0, 0.05) is 0 Å². The van der Waals surface area contributed by atoms with E-state index in [1.165, 1.54) is 12.1 Å². The number of carboxylic acid groups (broad SMARTS) is 1. The van der Waals surface area contributed by atoms with Gasteiger partial charge in [-0.2, -0.15) is 8.42 Å². The molecule has 5 nitrogen and oxygen atoms in total. The van der Waals surface area contributed by atoms with Crippen molar-refractivity contribution in [2.45, 2.75) is 4.90 Å². The first-order chi connectivity index (χ1) is 7.91. The van der Waals surface area contributed by atoms with E-state index in [1.807, 2.05) is 0 Å². The number of carboxylic acids is 1. The van der Waals surface area contributed by atoms with Gasteiger partial charge >= 0.3 is 35.5 Å². The molecule has 0 heterocycles. The second kappa shape index (κ2) is 5.38. The minimum atomic E-state index is -4.55. The average molecular weight is 276 g/mol. The van der Waals surface area contributed by atoms with Crippen LogP contribution < -0.4 is 29.6 Å². The van der Waals surface area contributed by atoms with Crippen molar-refractivity contribution in [1.29, 1.82) is 0 Å². The maximum absolute atomic E-state index is 11.1. The second-order valence-corrected chi connectivity index (χ2v) is 4.83. The van der Waals surface area contributed by atoms with Gasteiger partial charge in [-0.25, -0.2) is 4.79 Å². The Kier molecular flexibility index (Phi) is 4.52. The summed E-state index contributed by atoms with van der Waals surface area (Å²) < 4.78 is 31.2. The van der Waals surface area contributed by atoms with Crippen molar-refractivity contribution in [2.75, 3.05) is 0 Å². The van der Waals surface area contributed by atoms with E-state index in [2.05, 4.69) is 0 Å². The summed E-state index contributed by atoms with van der Waals surface area (Å²) in [6, 6.07) is 9.00. The van der Waals surface area contributed by atoms with Crippen molar-refractivity contribution in [1.82, 2.24) is 0 Å². The van der Waals surface area contributed by atoms with Gasteiger partial charge in [0.1, 0.15) is 4.90 Å². The predicted octanol–water partition coefficient (Wildman–Crippen LogP) is -1.10. The largest absolute Gasteiger partial charge is 1.00 e. The van der Waals surface area contributed by atoms with Gasteiger partial charge in [0.25, 0.3) is 10.1 Å². The van der Waals surface area contributed by atoms with E-state index in [4.69, 9.17) is 9.66 Å². The van der Waals surface area contributed by atoms with E-state index in [0.29, 0.717) is 5.39 Å². The Hall–Kier alpha value is -0.920. The zero-order valence-corrected chi connectivity index (χ0v) is 12.3. The standard InChI is InChI=1S/C11H8O5S.Na.H/c12-11(13)10-8-4-2-1-3-7(8)5-6-9(10)17(14,15)16;;/h1-6H,(H,12,13)(H,14,15,16);;/q;+1;-1. The molecule has 2 aromatic carbocycles. The van der Waals surface area contributed by atoms with Crippen molar-refractivity contribution < 1.29 is 53.9 Å². The third-order valence-electron chi connectivity index (χ3n) is 2.38. The molecule has 0 spiro atoms. The molecule has 2 N–H and O–H groups in total. The molecule has 0 bridgehead atoms. The number of fused-ring (bicyclic) bond motifs is 1. The van der Waals surface area contributed by atoms with Gasteiger partial charge in [-0.1, -0.05) is 30.3 Å². The van der Waals surface area contributed by atoms with Gasteiger partial charge in [-0.3, -0.25) is 4.55 Å². The van der Waals surface area contributed by atoms with Crippen LogP contribution in [0.3, 0.4) is 0 Å². The van der Waals surface area contributed by atoms with E-state index >= 15 is 0 Å². The number of hydrogen-bond donors (Lipinski definition) is 2. The molecule has 2 rings (SSSR count). The molecule has 0 saturated heterocycles. The topological polar surface area (TPSA) is 91.7 Å². The van der Waals surface area contributed by atoms with Crippen LogP contribution in [0.25, 0.3) is 10.8 Å². The normalized spacial score (nSPS) is 10.9. The van der Waals surface area contributed by atoms with Gasteiger partial charge < -0.3 is 6.53 Å². The van der Waals surface area contributed by atoms with Gasteiger partial charge in [0.2, 0.25) is 0 Å². The Labute approximate surface area is 127 Å². The van der Waals surface area contributed by atoms with Gasteiger partial charge in [0.15, 0.2) is 0 Å². The Balaban J connectivity index is 0.00000162. The molecule has 0 amide bonds. The molecule has 2 aromatic rings. The van der Waals surface area contributed by atoms with Gasteiger partial charge in [-0.15, -0.1) is 0 Å². The van der Waals surface area contributed by atoms with Crippen molar-refractivity contribution in [3.8, 4) is 0 Å². The maximum atomic E-state index is 11.1. The molecular formula is C11H9NaO5S. The van der Waals surface area contributed by atoms with Crippen LogP contribution in [0.4, 0.5) is 0 Å². The number of benzene rings is 2. The van der Waals surface area contributed by atoms with Crippen molar-refractivity contribution in [3.05, 3.63) is 42.0 Å². The van der Waals surface area contributed by atoms with Crippen molar-refractivity contribution in [2.24, 2.45) is 0 Å². The number of hydrogen-bond acceptors (Lipinski definition) is 3. The smallest absolute Gasteiger partial charge is 1.00 e. The molecule has 0 unspecified atom stereocenters. The fourth-order valence-corrected chi connectivity index (χ4v) is 2.38. The van der Waals surface area contributed by atoms with E-state index in [0.717, 1.165) is 6.07 Å². The first kappa shape index (κ1) is 15.1. The summed E-state index contributed by atoms with van der Waals surface area (Å²) >= 11 is 0. The average Bonchev–Trinajstić information content (AvgIpc) is 2.26. The summed E-state index contributed by atoms with van der Waals surface area (Å²) in [5.41, 5.74) is -0.411. The summed E-state index contributed by atoms with van der Waals surface area (Å²) in [4.78, 5) is 10.5. The van der Waals surface area contributed by atoms with Crippen LogP contribution in [-0.4, -0.2) is 24.0 Å². The summed E-state index contributed by atoms with van der Waals surface area (Å²) in [5.74, 6) is -1.39. The van der Waals surface area contributed by atoms with Crippen LogP contribution in [0, 0.1) is 0 Å². The Morgan fingerprint density at radius 1 is 1.11 bits per heavy atom. The second-order valence-electron chi connectivity index (χ2n) is 3.44. The molecule has 18 heavy (non-hydrogen) atoms. The van der Waals surface area contributed by atoms with E-state index in [1.54, 1.807) is 18.2 Å². The minimum absolute atomic E-state index is 0. The fourth-order valence-electron chi connectivity index (χ4n) is 1.69. The first-order valence-electron chi connectivity index (χ1n) is 4.64. The van der Waals surface area contributed by atoms with Crippen LogP contribution >= 0.6 is 0 Å². The SMILES string of the molecule is O=C(O)c1c(S(=O)(=O)O)ccc2ccccc12.[H-].[Na+]. The Morgan fingerprint density at radius 2 is 1.72 bits per heavy atom.